The molecule has 52 valence electrons. The summed E-state index contributed by atoms with van der Waals surface area (Å²) in [5.74, 6) is 0. The summed E-state index contributed by atoms with van der Waals surface area (Å²) in [5.41, 5.74) is 0. The maximum absolute atomic E-state index is 8.81. The number of hydrogen-bond acceptors (Lipinski definition) is 3. The van der Waals surface area contributed by atoms with E-state index in [9.17, 15) is 0 Å². The Morgan fingerprint density at radius 2 is 1.38 bits per heavy atom. The Hall–Kier alpha value is -0.640. The van der Waals surface area contributed by atoms with Crippen LogP contribution in [0.15, 0.2) is 0 Å². The number of aliphatic hydroxyl groups excluding tert-OH is 1. The molecule has 0 saturated heterocycles. The molecule has 0 heterocycles. The van der Waals surface area contributed by atoms with Gasteiger partial charge >= 0.3 is 0 Å². The summed E-state index contributed by atoms with van der Waals surface area (Å²) in [6, 6.07) is 0. The van der Waals surface area contributed by atoms with Gasteiger partial charge in [-0.15, -0.1) is 0 Å². The van der Waals surface area contributed by atoms with Crippen molar-refractivity contribution in [3.05, 3.63) is 10.1 Å². The minimum atomic E-state index is -0.500. The molecule has 0 aliphatic rings. The Morgan fingerprint density at radius 1 is 1.38 bits per heavy atom. The lowest BCUT2D eigenvalue weighted by atomic mass is 11.0. The lowest BCUT2D eigenvalue weighted by Gasteiger charge is -1.63. The Bertz CT molecular complexity index is 34.3. The molecule has 8 heavy (non-hydrogen) atoms. The van der Waals surface area contributed by atoms with E-state index in [1.807, 2.05) is 13.8 Å². The van der Waals surface area contributed by atoms with Gasteiger partial charge in [-0.05, 0) is 0 Å². The first-order valence-corrected chi connectivity index (χ1v) is 2.26. The van der Waals surface area contributed by atoms with Gasteiger partial charge in [0.05, 0.1) is 0 Å². The molecule has 1 N–H and O–H groups in total. The molecule has 0 radical (unpaired) electrons. The normalized spacial score (nSPS) is 4.62. The highest BCUT2D eigenvalue weighted by molar-refractivity contribution is 3.91. The zero-order chi connectivity index (χ0) is 7.58. The average Bonchev–Trinajstić information content (AvgIpc) is 1.75. The maximum atomic E-state index is 8.81. The Kier molecular flexibility index (Phi) is 64.2. The molecule has 4 heteroatoms. The summed E-state index contributed by atoms with van der Waals surface area (Å²) in [6.45, 7) is 4.00. The zero-order valence-corrected chi connectivity index (χ0v) is 5.71. The molecule has 0 saturated carbocycles. The molecular weight excluding hydrogens is 110 g/mol. The third-order valence-electron chi connectivity index (χ3n) is 0. The standard InChI is InChI=1S/C2H6.CH3NO2.CH4O/c1-2;1-2(3)4;1-2/h1-2H3;1H3;2H,1H3. The van der Waals surface area contributed by atoms with Crippen molar-refractivity contribution in [1.29, 1.82) is 0 Å². The molecular formula is C4H13NO3. The minimum absolute atomic E-state index is 0.500. The van der Waals surface area contributed by atoms with E-state index in [4.69, 9.17) is 15.2 Å². The second-order valence-electron chi connectivity index (χ2n) is 0.440. The molecule has 0 rings (SSSR count). The van der Waals surface area contributed by atoms with Crippen LogP contribution in [0.25, 0.3) is 0 Å². The third kappa shape index (κ3) is 249. The van der Waals surface area contributed by atoms with Crippen molar-refractivity contribution in [3.63, 3.8) is 0 Å². The first-order chi connectivity index (χ1) is 3.73. The Balaban J connectivity index is -0.0000000542. The van der Waals surface area contributed by atoms with E-state index >= 15 is 0 Å². The molecule has 4 nitrogen and oxygen atoms in total. The van der Waals surface area contributed by atoms with E-state index in [1.54, 1.807) is 0 Å². The highest BCUT2D eigenvalue weighted by Gasteiger charge is 1.57. The van der Waals surface area contributed by atoms with Gasteiger partial charge in [0.1, 0.15) is 0 Å². The predicted molar refractivity (Wildman–Crippen MR) is 32.4 cm³/mol. The zero-order valence-electron chi connectivity index (χ0n) is 5.71. The fraction of sp³-hybridized carbons (Fsp3) is 1.00. The molecule has 0 atom stereocenters. The number of nitrogens with zero attached hydrogens (tertiary/aromatic N) is 1. The van der Waals surface area contributed by atoms with Crippen LogP contribution < -0.4 is 0 Å². The van der Waals surface area contributed by atoms with E-state index < -0.39 is 4.92 Å². The van der Waals surface area contributed by atoms with Gasteiger partial charge in [0, 0.05) is 12.0 Å². The van der Waals surface area contributed by atoms with Crippen LogP contribution in [0.5, 0.6) is 0 Å². The van der Waals surface area contributed by atoms with E-state index in [0.717, 1.165) is 14.2 Å². The van der Waals surface area contributed by atoms with Gasteiger partial charge in [0.25, 0.3) is 0 Å². The van der Waals surface area contributed by atoms with Gasteiger partial charge in [-0.1, -0.05) is 13.8 Å². The van der Waals surface area contributed by atoms with Gasteiger partial charge in [-0.25, -0.2) is 0 Å². The second-order valence-corrected chi connectivity index (χ2v) is 0.440. The van der Waals surface area contributed by atoms with Crippen LogP contribution in [0.1, 0.15) is 13.8 Å². The van der Waals surface area contributed by atoms with Crippen molar-refractivity contribution in [2.75, 3.05) is 14.2 Å². The smallest absolute Gasteiger partial charge is 0.194 e. The van der Waals surface area contributed by atoms with Crippen LogP contribution in [-0.2, 0) is 0 Å². The molecule has 0 aliphatic carbocycles. The van der Waals surface area contributed by atoms with Crippen molar-refractivity contribution < 1.29 is 10.0 Å². The van der Waals surface area contributed by atoms with Crippen molar-refractivity contribution in [2.45, 2.75) is 13.8 Å². The van der Waals surface area contributed by atoms with Crippen molar-refractivity contribution in [1.82, 2.24) is 0 Å². The molecule has 0 aliphatic heterocycles. The van der Waals surface area contributed by atoms with Gasteiger partial charge in [-0.2, -0.15) is 0 Å². The number of hydrogen-bond donors (Lipinski definition) is 1. The largest absolute Gasteiger partial charge is 0.400 e. The molecule has 0 fully saturated rings. The monoisotopic (exact) mass is 123 g/mol. The van der Waals surface area contributed by atoms with E-state index in [-0.39, 0.29) is 0 Å². The van der Waals surface area contributed by atoms with Crippen molar-refractivity contribution >= 4 is 0 Å². The molecule has 0 bridgehead atoms. The van der Waals surface area contributed by atoms with Gasteiger partial charge in [-0.3, -0.25) is 10.1 Å². The Morgan fingerprint density at radius 3 is 1.38 bits per heavy atom. The molecule has 0 spiro atoms. The van der Waals surface area contributed by atoms with Crippen LogP contribution in [-0.4, -0.2) is 24.2 Å². The maximum Gasteiger partial charge on any atom is 0.194 e. The minimum Gasteiger partial charge on any atom is -0.400 e. The van der Waals surface area contributed by atoms with Crippen LogP contribution in [0.4, 0.5) is 0 Å². The number of nitro groups is 1. The number of rotatable bonds is 0. The molecule has 0 unspecified atom stereocenters. The summed E-state index contributed by atoms with van der Waals surface area (Å²) in [7, 11) is 1.89. The first-order valence-electron chi connectivity index (χ1n) is 2.26. The average molecular weight is 123 g/mol. The summed E-state index contributed by atoms with van der Waals surface area (Å²) >= 11 is 0. The predicted octanol–water partition coefficient (Wildman–Crippen LogP) is 0.528. The van der Waals surface area contributed by atoms with E-state index in [0.29, 0.717) is 0 Å². The summed E-state index contributed by atoms with van der Waals surface area (Å²) in [5, 5.41) is 15.8. The van der Waals surface area contributed by atoms with Crippen molar-refractivity contribution in [2.24, 2.45) is 0 Å². The summed E-state index contributed by atoms with van der Waals surface area (Å²) in [4.78, 5) is 8.31. The fourth-order valence-corrected chi connectivity index (χ4v) is 0. The van der Waals surface area contributed by atoms with Gasteiger partial charge < -0.3 is 5.11 Å². The molecule has 0 aromatic heterocycles. The lowest BCUT2D eigenvalue weighted by molar-refractivity contribution is -0.445. The van der Waals surface area contributed by atoms with E-state index in [1.165, 1.54) is 0 Å². The molecule has 0 aromatic rings. The summed E-state index contributed by atoms with van der Waals surface area (Å²) < 4.78 is 0. The highest BCUT2D eigenvalue weighted by Crippen LogP contribution is 1.39. The van der Waals surface area contributed by atoms with E-state index in [2.05, 4.69) is 0 Å². The van der Waals surface area contributed by atoms with Gasteiger partial charge in [0.15, 0.2) is 7.05 Å². The SMILES string of the molecule is CC.CO.C[N+](=O)[O-]. The highest BCUT2D eigenvalue weighted by atomic mass is 16.6. The van der Waals surface area contributed by atoms with Crippen LogP contribution in [0, 0.1) is 10.1 Å². The lowest BCUT2D eigenvalue weighted by Crippen LogP contribution is -1.79. The van der Waals surface area contributed by atoms with Crippen molar-refractivity contribution in [3.8, 4) is 0 Å². The second kappa shape index (κ2) is 32.8. The van der Waals surface area contributed by atoms with Crippen LogP contribution >= 0.6 is 0 Å². The van der Waals surface area contributed by atoms with Gasteiger partial charge in [0.2, 0.25) is 0 Å². The number of aliphatic hydroxyl groups is 1. The summed E-state index contributed by atoms with van der Waals surface area (Å²) in [6.07, 6.45) is 0. The first kappa shape index (κ1) is 15.7. The molecule has 0 amide bonds. The quantitative estimate of drug-likeness (QED) is 0.377. The van der Waals surface area contributed by atoms with Crippen LogP contribution in [0.2, 0.25) is 0 Å². The third-order valence-corrected chi connectivity index (χ3v) is 0. The van der Waals surface area contributed by atoms with Crippen LogP contribution in [0.3, 0.4) is 0 Å². The fourth-order valence-electron chi connectivity index (χ4n) is 0. The molecule has 0 aromatic carbocycles. The Labute approximate surface area is 49.3 Å². The topological polar surface area (TPSA) is 63.4 Å².